The summed E-state index contributed by atoms with van der Waals surface area (Å²) in [4.78, 5) is 13.0. The number of hydrogen-bond acceptors (Lipinski definition) is 8. The van der Waals surface area contributed by atoms with E-state index >= 15 is 0 Å². The van der Waals surface area contributed by atoms with Crippen LogP contribution < -0.4 is 0 Å². The topological polar surface area (TPSA) is 129 Å². The fourth-order valence-electron chi connectivity index (χ4n) is 6.12. The quantitative estimate of drug-likeness (QED) is 0.249. The number of hydrogen-bond donors (Lipinski definition) is 2. The van der Waals surface area contributed by atoms with E-state index in [1.807, 2.05) is 0 Å². The number of ether oxygens (including phenoxy) is 4. The Morgan fingerprint density at radius 3 is 1.92 bits per heavy atom. The highest BCUT2D eigenvalue weighted by molar-refractivity contribution is 7.86. The van der Waals surface area contributed by atoms with Crippen molar-refractivity contribution in [3.05, 3.63) is 0 Å². The first kappa shape index (κ1) is 29.6. The molecule has 3 atom stereocenters. The first-order chi connectivity index (χ1) is 17.2. The highest BCUT2D eigenvalue weighted by atomic mass is 32.2. The summed E-state index contributed by atoms with van der Waals surface area (Å²) in [5.74, 6) is -13.2. The lowest BCUT2D eigenvalue weighted by molar-refractivity contribution is -0.346. The third-order valence-electron chi connectivity index (χ3n) is 7.78. The summed E-state index contributed by atoms with van der Waals surface area (Å²) in [6, 6.07) is 0. The standard InChI is InChI=1S/C20H24F8O9S/c21-16(22)8-36-18(37-9-17(16,23)24)11-1-10-2-12(18)5-15(3-10,4-11)14(30)34-6-13(29)7-35-19(25,26)20(27,28)38(31,32)33/h10-13,29H,1-9H2,(H,31,32,33). The summed E-state index contributed by atoms with van der Waals surface area (Å²) in [6.45, 7) is -5.80. The monoisotopic (exact) mass is 592 g/mol. The lowest BCUT2D eigenvalue weighted by Crippen LogP contribution is -2.65. The Hall–Kier alpha value is -1.34. The molecule has 2 N–H and O–H groups in total. The van der Waals surface area contributed by atoms with Crippen LogP contribution in [-0.2, 0) is 33.9 Å². The van der Waals surface area contributed by atoms with Crippen LogP contribution in [0.5, 0.6) is 0 Å². The fourth-order valence-corrected chi connectivity index (χ4v) is 6.48. The first-order valence-electron chi connectivity index (χ1n) is 11.4. The van der Waals surface area contributed by atoms with Crippen molar-refractivity contribution in [3.63, 3.8) is 0 Å². The number of alkyl halides is 8. The maximum absolute atomic E-state index is 13.9. The largest absolute Gasteiger partial charge is 0.462 e. The predicted molar refractivity (Wildman–Crippen MR) is 105 cm³/mol. The molecule has 220 valence electrons. The van der Waals surface area contributed by atoms with Crippen molar-refractivity contribution in [2.45, 2.75) is 67.2 Å². The van der Waals surface area contributed by atoms with E-state index in [0.717, 1.165) is 0 Å². The maximum Gasteiger partial charge on any atom is 0.459 e. The van der Waals surface area contributed by atoms with E-state index in [-0.39, 0.29) is 25.2 Å². The van der Waals surface area contributed by atoms with E-state index in [1.54, 1.807) is 0 Å². The zero-order valence-corrected chi connectivity index (χ0v) is 20.2. The van der Waals surface area contributed by atoms with Crippen LogP contribution in [0.3, 0.4) is 0 Å². The Morgan fingerprint density at radius 1 is 0.947 bits per heavy atom. The summed E-state index contributed by atoms with van der Waals surface area (Å²) in [5, 5.41) is 3.74. The molecule has 4 bridgehead atoms. The van der Waals surface area contributed by atoms with E-state index in [2.05, 4.69) is 4.74 Å². The number of carbonyl (C=O) groups excluding carboxylic acids is 1. The van der Waals surface area contributed by atoms with Crippen LogP contribution in [0.4, 0.5) is 35.1 Å². The molecule has 1 heterocycles. The molecule has 0 radical (unpaired) electrons. The molecule has 5 rings (SSSR count). The second-order valence-corrected chi connectivity index (χ2v) is 11.9. The van der Waals surface area contributed by atoms with Crippen molar-refractivity contribution in [3.8, 4) is 0 Å². The van der Waals surface area contributed by atoms with Crippen LogP contribution in [0, 0.1) is 23.2 Å². The Kier molecular flexibility index (Phi) is 7.09. The molecule has 0 aromatic rings. The van der Waals surface area contributed by atoms with Gasteiger partial charge in [0.05, 0.1) is 12.0 Å². The lowest BCUT2D eigenvalue weighted by atomic mass is 9.47. The Morgan fingerprint density at radius 2 is 1.45 bits per heavy atom. The van der Waals surface area contributed by atoms with Gasteiger partial charge in [0.1, 0.15) is 25.9 Å². The minimum atomic E-state index is -6.57. The molecule has 0 aromatic carbocycles. The van der Waals surface area contributed by atoms with Crippen molar-refractivity contribution in [1.82, 2.24) is 0 Å². The van der Waals surface area contributed by atoms with Crippen molar-refractivity contribution in [2.24, 2.45) is 23.2 Å². The molecule has 1 spiro atoms. The molecule has 4 aliphatic carbocycles. The number of halogens is 8. The fraction of sp³-hybridized carbons (Fsp3) is 0.950. The molecule has 3 unspecified atom stereocenters. The SMILES string of the molecule is O=C(OCC(O)COC(F)(F)C(F)(F)S(=O)(=O)O)C12CC3CC(C1)C1(OCC(F)(F)C(F)(F)CO1)C(C3)C2. The predicted octanol–water partition coefficient (Wildman–Crippen LogP) is 2.82. The van der Waals surface area contributed by atoms with Gasteiger partial charge < -0.3 is 24.1 Å². The zero-order valence-electron chi connectivity index (χ0n) is 19.4. The van der Waals surface area contributed by atoms with E-state index < -0.39 is 94.9 Å². The number of carbonyl (C=O) groups is 1. The smallest absolute Gasteiger partial charge is 0.459 e. The average molecular weight is 592 g/mol. The number of aliphatic hydroxyl groups excluding tert-OH is 1. The molecule has 5 fully saturated rings. The molecule has 5 aliphatic rings. The van der Waals surface area contributed by atoms with Gasteiger partial charge in [-0.05, 0) is 38.0 Å². The van der Waals surface area contributed by atoms with Crippen molar-refractivity contribution in [1.29, 1.82) is 0 Å². The van der Waals surface area contributed by atoms with E-state index in [0.29, 0.717) is 12.8 Å². The van der Waals surface area contributed by atoms with Crippen molar-refractivity contribution < 1.29 is 76.9 Å². The molecule has 1 aliphatic heterocycles. The summed E-state index contributed by atoms with van der Waals surface area (Å²) in [5.41, 5.74) is -1.24. The average Bonchev–Trinajstić information content (AvgIpc) is 2.88. The van der Waals surface area contributed by atoms with Crippen molar-refractivity contribution in [2.75, 3.05) is 26.4 Å². The number of rotatable bonds is 8. The zero-order chi connectivity index (χ0) is 28.6. The summed E-state index contributed by atoms with van der Waals surface area (Å²) in [6.07, 6.45) is -6.99. The third-order valence-corrected chi connectivity index (χ3v) is 8.67. The summed E-state index contributed by atoms with van der Waals surface area (Å²) in [7, 11) is -6.57. The summed E-state index contributed by atoms with van der Waals surface area (Å²) < 4.78 is 157. The van der Waals surface area contributed by atoms with E-state index in [9.17, 15) is 53.4 Å². The van der Waals surface area contributed by atoms with Gasteiger partial charge in [-0.15, -0.1) is 0 Å². The van der Waals surface area contributed by atoms with Crippen molar-refractivity contribution >= 4 is 16.1 Å². The Labute approximate surface area is 210 Å². The second-order valence-electron chi connectivity index (χ2n) is 10.4. The van der Waals surface area contributed by atoms with Gasteiger partial charge in [-0.1, -0.05) is 0 Å². The van der Waals surface area contributed by atoms with Gasteiger partial charge in [-0.3, -0.25) is 9.35 Å². The lowest BCUT2D eigenvalue weighted by Gasteiger charge is -2.62. The highest BCUT2D eigenvalue weighted by Gasteiger charge is 2.71. The molecular formula is C20H24F8O9S. The van der Waals surface area contributed by atoms with Gasteiger partial charge in [0, 0.05) is 11.8 Å². The minimum Gasteiger partial charge on any atom is -0.462 e. The normalized spacial score (nSPS) is 34.6. The van der Waals surface area contributed by atoms with Crippen LogP contribution >= 0.6 is 0 Å². The van der Waals surface area contributed by atoms with Crippen LogP contribution in [0.25, 0.3) is 0 Å². The highest BCUT2D eigenvalue weighted by Crippen LogP contribution is 2.66. The van der Waals surface area contributed by atoms with Gasteiger partial charge in [0.2, 0.25) is 0 Å². The second kappa shape index (κ2) is 9.09. The molecule has 4 saturated carbocycles. The van der Waals surface area contributed by atoms with E-state index in [1.165, 1.54) is 0 Å². The minimum absolute atomic E-state index is 0.0543. The van der Waals surface area contributed by atoms with Crippen LogP contribution in [0.15, 0.2) is 0 Å². The van der Waals surface area contributed by atoms with Crippen LogP contribution in [0.2, 0.25) is 0 Å². The molecular weight excluding hydrogens is 568 g/mol. The van der Waals surface area contributed by atoms with Gasteiger partial charge in [-0.25, -0.2) is 0 Å². The number of aliphatic hydroxyl groups is 1. The van der Waals surface area contributed by atoms with Crippen LogP contribution in [-0.4, -0.2) is 85.6 Å². The molecule has 38 heavy (non-hydrogen) atoms. The molecule has 0 amide bonds. The third kappa shape index (κ3) is 4.67. The molecule has 18 heteroatoms. The Bertz CT molecular complexity index is 1020. The van der Waals surface area contributed by atoms with Crippen LogP contribution in [0.1, 0.15) is 32.1 Å². The van der Waals surface area contributed by atoms with Gasteiger partial charge in [-0.2, -0.15) is 43.5 Å². The number of esters is 1. The summed E-state index contributed by atoms with van der Waals surface area (Å²) >= 11 is 0. The van der Waals surface area contributed by atoms with Gasteiger partial charge >= 0.3 is 39.3 Å². The van der Waals surface area contributed by atoms with Gasteiger partial charge in [0.15, 0.2) is 5.79 Å². The Balaban J connectivity index is 1.38. The molecule has 1 saturated heterocycles. The maximum atomic E-state index is 13.9. The van der Waals surface area contributed by atoms with Gasteiger partial charge in [0.25, 0.3) is 0 Å². The molecule has 9 nitrogen and oxygen atoms in total. The van der Waals surface area contributed by atoms with E-state index in [4.69, 9.17) is 18.8 Å². The molecule has 0 aromatic heterocycles. The first-order valence-corrected chi connectivity index (χ1v) is 12.9.